The van der Waals surface area contributed by atoms with Crippen LogP contribution >= 0.6 is 11.6 Å². The average molecular weight is 612 g/mol. The number of halogens is 4. The highest BCUT2D eigenvalue weighted by atomic mass is 35.5. The van der Waals surface area contributed by atoms with Gasteiger partial charge in [-0.1, -0.05) is 11.6 Å². The minimum Gasteiger partial charge on any atom is -0.438 e. The fourth-order valence-electron chi connectivity index (χ4n) is 4.89. The Morgan fingerprint density at radius 2 is 1.93 bits per heavy atom. The summed E-state index contributed by atoms with van der Waals surface area (Å²) in [6.07, 6.45) is -0.638. The van der Waals surface area contributed by atoms with Crippen molar-refractivity contribution in [2.45, 2.75) is 18.6 Å². The molecule has 2 N–H and O–H groups in total. The van der Waals surface area contributed by atoms with Gasteiger partial charge in [0.05, 0.1) is 33.1 Å². The molecule has 43 heavy (non-hydrogen) atoms. The summed E-state index contributed by atoms with van der Waals surface area (Å²) < 4.78 is 47.0. The Kier molecular flexibility index (Phi) is 8.69. The molecule has 0 aliphatic carbocycles. The maximum absolute atomic E-state index is 13.7. The van der Waals surface area contributed by atoms with E-state index < -0.39 is 17.6 Å². The van der Waals surface area contributed by atoms with E-state index in [-0.39, 0.29) is 33.9 Å². The Labute approximate surface area is 251 Å². The lowest BCUT2D eigenvalue weighted by Gasteiger charge is -2.29. The molecule has 1 atom stereocenters. The van der Waals surface area contributed by atoms with Crippen LogP contribution in [-0.4, -0.2) is 66.0 Å². The highest BCUT2D eigenvalue weighted by molar-refractivity contribution is 6.34. The number of hydrogen-bond donors (Lipinski definition) is 2. The minimum absolute atomic E-state index is 0.0419. The number of nitrogens with one attached hydrogen (secondary N) is 2. The fraction of sp³-hybridized carbons (Fsp3) is 0.267. The number of likely N-dealkylation sites (N-methyl/N-ethyl adjacent to an activating group) is 2. The second-order valence-corrected chi connectivity index (χ2v) is 10.5. The average Bonchev–Trinajstić information content (AvgIpc) is 3.44. The maximum atomic E-state index is 13.7. The third-order valence-electron chi connectivity index (χ3n) is 7.19. The Hall–Kier alpha value is -4.42. The maximum Gasteiger partial charge on any atom is 0.416 e. The number of amides is 1. The molecule has 2 aromatic heterocycles. The summed E-state index contributed by atoms with van der Waals surface area (Å²) in [4.78, 5) is 30.5. The zero-order valence-corrected chi connectivity index (χ0v) is 24.4. The van der Waals surface area contributed by atoms with Crippen molar-refractivity contribution in [1.29, 1.82) is 0 Å². The summed E-state index contributed by atoms with van der Waals surface area (Å²) in [6.45, 7) is 1.58. The number of aromatic nitrogens is 3. The largest absolute Gasteiger partial charge is 0.438 e. The summed E-state index contributed by atoms with van der Waals surface area (Å²) in [5, 5.41) is 5.75. The first-order valence-corrected chi connectivity index (χ1v) is 13.8. The van der Waals surface area contributed by atoms with Gasteiger partial charge in [0.15, 0.2) is 0 Å². The first-order chi connectivity index (χ1) is 20.5. The third kappa shape index (κ3) is 6.81. The Morgan fingerprint density at radius 3 is 2.65 bits per heavy atom. The van der Waals surface area contributed by atoms with Crippen molar-refractivity contribution in [1.82, 2.24) is 19.9 Å². The van der Waals surface area contributed by atoms with Crippen LogP contribution in [0.25, 0.3) is 11.3 Å². The molecule has 0 bridgehead atoms. The highest BCUT2D eigenvalue weighted by Crippen LogP contribution is 2.36. The van der Waals surface area contributed by atoms with Crippen molar-refractivity contribution in [2.75, 3.05) is 49.8 Å². The van der Waals surface area contributed by atoms with Crippen LogP contribution in [-0.2, 0) is 6.18 Å². The number of rotatable bonds is 8. The van der Waals surface area contributed by atoms with E-state index in [1.54, 1.807) is 50.8 Å². The van der Waals surface area contributed by atoms with Gasteiger partial charge in [0, 0.05) is 50.8 Å². The third-order valence-corrected chi connectivity index (χ3v) is 7.52. The summed E-state index contributed by atoms with van der Waals surface area (Å²) in [5.41, 5.74) is 0.669. The van der Waals surface area contributed by atoms with Crippen LogP contribution in [0.4, 0.5) is 30.5 Å². The molecule has 1 fully saturated rings. The van der Waals surface area contributed by atoms with Crippen LogP contribution in [0.3, 0.4) is 0 Å². The van der Waals surface area contributed by atoms with Crippen LogP contribution in [0.15, 0.2) is 67.0 Å². The molecular weight excluding hydrogens is 583 g/mol. The molecule has 2 aromatic carbocycles. The molecule has 13 heteroatoms. The zero-order chi connectivity index (χ0) is 30.7. The van der Waals surface area contributed by atoms with E-state index >= 15 is 0 Å². The number of carbonyl (C=O) groups is 1. The number of pyridine rings is 1. The summed E-state index contributed by atoms with van der Waals surface area (Å²) in [7, 11) is 5.47. The Balaban J connectivity index is 1.44. The predicted molar refractivity (Wildman–Crippen MR) is 160 cm³/mol. The molecule has 0 saturated carbocycles. The molecular formula is C30H29ClF3N7O2. The SMILES string of the molecule is CNc1nccc(-c2cccnc2Oc2ccc(Cl)c(NC(=O)c3cc(C(F)(F)F)ccc3N(C)C3CCN(C)C3)c2)n1. The number of nitrogens with zero attached hydrogens (tertiary/aromatic N) is 5. The topological polar surface area (TPSA) is 95.5 Å². The van der Waals surface area contributed by atoms with Gasteiger partial charge in [0.1, 0.15) is 5.75 Å². The van der Waals surface area contributed by atoms with E-state index in [1.807, 2.05) is 11.9 Å². The molecule has 1 saturated heterocycles. The van der Waals surface area contributed by atoms with Crippen molar-refractivity contribution < 1.29 is 22.7 Å². The van der Waals surface area contributed by atoms with Gasteiger partial charge in [-0.3, -0.25) is 4.79 Å². The van der Waals surface area contributed by atoms with Gasteiger partial charge >= 0.3 is 6.18 Å². The van der Waals surface area contributed by atoms with Gasteiger partial charge in [-0.2, -0.15) is 13.2 Å². The molecule has 3 heterocycles. The van der Waals surface area contributed by atoms with Crippen LogP contribution in [0, 0.1) is 0 Å². The molecule has 1 aliphatic heterocycles. The molecule has 5 rings (SSSR count). The zero-order valence-electron chi connectivity index (χ0n) is 23.6. The van der Waals surface area contributed by atoms with Crippen molar-refractivity contribution in [3.63, 3.8) is 0 Å². The lowest BCUT2D eigenvalue weighted by molar-refractivity contribution is -0.137. The van der Waals surface area contributed by atoms with E-state index in [0.29, 0.717) is 22.9 Å². The first-order valence-electron chi connectivity index (χ1n) is 13.4. The molecule has 0 radical (unpaired) electrons. The van der Waals surface area contributed by atoms with E-state index in [0.717, 1.165) is 31.6 Å². The molecule has 224 valence electrons. The van der Waals surface area contributed by atoms with Gasteiger partial charge in [0.2, 0.25) is 11.8 Å². The van der Waals surface area contributed by atoms with Gasteiger partial charge < -0.3 is 25.2 Å². The highest BCUT2D eigenvalue weighted by Gasteiger charge is 2.33. The summed E-state index contributed by atoms with van der Waals surface area (Å²) >= 11 is 6.41. The number of anilines is 3. The standard InChI is InChI=1S/C30H29ClF3N7O2/c1-35-29-37-13-10-24(39-29)21-5-4-12-36-28(21)43-20-7-8-23(31)25(16-20)38-27(42)22-15-18(30(32,33)34)6-9-26(22)41(3)19-11-14-40(2)17-19/h4-10,12-13,15-16,19H,11,14,17H2,1-3H3,(H,38,42)(H,35,37,39). The number of benzene rings is 2. The van der Waals surface area contributed by atoms with Crippen molar-refractivity contribution >= 4 is 34.8 Å². The second-order valence-electron chi connectivity index (χ2n) is 10.1. The smallest absolute Gasteiger partial charge is 0.416 e. The number of hydrogen-bond acceptors (Lipinski definition) is 8. The van der Waals surface area contributed by atoms with Crippen LogP contribution in [0.5, 0.6) is 11.6 Å². The van der Waals surface area contributed by atoms with E-state index in [4.69, 9.17) is 16.3 Å². The number of carbonyl (C=O) groups excluding carboxylic acids is 1. The lowest BCUT2D eigenvalue weighted by atomic mass is 10.0. The number of alkyl halides is 3. The monoisotopic (exact) mass is 611 g/mol. The van der Waals surface area contributed by atoms with E-state index in [1.165, 1.54) is 18.2 Å². The first kappa shape index (κ1) is 30.1. The van der Waals surface area contributed by atoms with Gasteiger partial charge in [-0.25, -0.2) is 15.0 Å². The Morgan fingerprint density at radius 1 is 1.12 bits per heavy atom. The van der Waals surface area contributed by atoms with Crippen LogP contribution < -0.4 is 20.3 Å². The molecule has 1 amide bonds. The fourth-order valence-corrected chi connectivity index (χ4v) is 5.05. The minimum atomic E-state index is -4.62. The lowest BCUT2D eigenvalue weighted by Crippen LogP contribution is -2.35. The summed E-state index contributed by atoms with van der Waals surface area (Å²) in [5.74, 6) is 0.213. The molecule has 9 nitrogen and oxygen atoms in total. The summed E-state index contributed by atoms with van der Waals surface area (Å²) in [6, 6.07) is 13.1. The van der Waals surface area contributed by atoms with Gasteiger partial charge in [-0.15, -0.1) is 0 Å². The van der Waals surface area contributed by atoms with Crippen LogP contribution in [0.1, 0.15) is 22.3 Å². The van der Waals surface area contributed by atoms with Crippen LogP contribution in [0.2, 0.25) is 5.02 Å². The number of ether oxygens (including phenoxy) is 1. The van der Waals surface area contributed by atoms with Gasteiger partial charge in [-0.05, 0) is 68.5 Å². The Bertz CT molecular complexity index is 1640. The second kappa shape index (κ2) is 12.4. The normalized spacial score (nSPS) is 15.3. The molecule has 1 unspecified atom stereocenters. The quantitative estimate of drug-likeness (QED) is 0.235. The van der Waals surface area contributed by atoms with Crippen molar-refractivity contribution in [3.8, 4) is 22.9 Å². The molecule has 0 spiro atoms. The number of likely N-dealkylation sites (tertiary alicyclic amines) is 1. The van der Waals surface area contributed by atoms with Crippen molar-refractivity contribution in [3.05, 3.63) is 83.1 Å². The van der Waals surface area contributed by atoms with Gasteiger partial charge in [0.25, 0.3) is 5.91 Å². The molecule has 4 aromatic rings. The van der Waals surface area contributed by atoms with E-state index in [9.17, 15) is 18.0 Å². The van der Waals surface area contributed by atoms with Crippen molar-refractivity contribution in [2.24, 2.45) is 0 Å². The van der Waals surface area contributed by atoms with E-state index in [2.05, 4.69) is 30.5 Å². The predicted octanol–water partition coefficient (Wildman–Crippen LogP) is 6.44. The molecule has 1 aliphatic rings.